The van der Waals surface area contributed by atoms with Crippen LogP contribution < -0.4 is 5.32 Å². The number of hydrogen-bond acceptors (Lipinski definition) is 2. The number of anilines is 1. The molecule has 0 aliphatic carbocycles. The number of aliphatic hydroxyl groups is 1. The van der Waals surface area contributed by atoms with Gasteiger partial charge in [-0.1, -0.05) is 6.07 Å². The minimum atomic E-state index is -0.304. The minimum absolute atomic E-state index is 0.304. The largest absolute Gasteiger partial charge is 0.392 e. The van der Waals surface area contributed by atoms with Crippen LogP contribution in [0.2, 0.25) is 0 Å². The van der Waals surface area contributed by atoms with Crippen LogP contribution in [0, 0.1) is 13.8 Å². The molecule has 0 amide bonds. The Morgan fingerprint density at radius 2 is 2.00 bits per heavy atom. The summed E-state index contributed by atoms with van der Waals surface area (Å²) in [5.41, 5.74) is 3.64. The van der Waals surface area contributed by atoms with E-state index in [0.29, 0.717) is 6.54 Å². The molecule has 0 heterocycles. The first-order valence-electron chi connectivity index (χ1n) is 4.59. The first kappa shape index (κ1) is 10.1. The van der Waals surface area contributed by atoms with Crippen LogP contribution in [-0.4, -0.2) is 17.8 Å². The molecule has 0 aliphatic rings. The topological polar surface area (TPSA) is 32.3 Å². The van der Waals surface area contributed by atoms with E-state index < -0.39 is 0 Å². The number of rotatable bonds is 3. The van der Waals surface area contributed by atoms with Gasteiger partial charge in [0, 0.05) is 12.2 Å². The standard InChI is InChI=1S/C11H17NO/c1-8-4-5-11(6-9(8)2)12-7-10(3)13/h4-6,10,12-13H,7H2,1-3H3/t10-/m1/s1. The average Bonchev–Trinajstić information content (AvgIpc) is 2.07. The second kappa shape index (κ2) is 4.28. The van der Waals surface area contributed by atoms with Crippen molar-refractivity contribution in [3.8, 4) is 0 Å². The first-order valence-corrected chi connectivity index (χ1v) is 4.59. The van der Waals surface area contributed by atoms with Crippen LogP contribution in [0.25, 0.3) is 0 Å². The summed E-state index contributed by atoms with van der Waals surface area (Å²) in [6.07, 6.45) is -0.304. The van der Waals surface area contributed by atoms with Crippen molar-refractivity contribution in [2.45, 2.75) is 26.9 Å². The molecular weight excluding hydrogens is 162 g/mol. The summed E-state index contributed by atoms with van der Waals surface area (Å²) in [6.45, 7) is 6.55. The molecule has 0 bridgehead atoms. The average molecular weight is 179 g/mol. The van der Waals surface area contributed by atoms with E-state index in [4.69, 9.17) is 5.11 Å². The Hall–Kier alpha value is -1.02. The van der Waals surface area contributed by atoms with Crippen LogP contribution in [0.3, 0.4) is 0 Å². The highest BCUT2D eigenvalue weighted by Crippen LogP contribution is 2.13. The number of aliphatic hydroxyl groups excluding tert-OH is 1. The Labute approximate surface area is 79.6 Å². The molecule has 0 fully saturated rings. The summed E-state index contributed by atoms with van der Waals surface area (Å²) >= 11 is 0. The zero-order chi connectivity index (χ0) is 9.84. The van der Waals surface area contributed by atoms with Crippen LogP contribution in [0.4, 0.5) is 5.69 Å². The molecule has 2 N–H and O–H groups in total. The van der Waals surface area contributed by atoms with Gasteiger partial charge in [-0.15, -0.1) is 0 Å². The molecule has 1 rings (SSSR count). The van der Waals surface area contributed by atoms with E-state index in [0.717, 1.165) is 5.69 Å². The van der Waals surface area contributed by atoms with Crippen molar-refractivity contribution < 1.29 is 5.11 Å². The molecule has 0 spiro atoms. The maximum Gasteiger partial charge on any atom is 0.0684 e. The molecule has 2 heteroatoms. The monoisotopic (exact) mass is 179 g/mol. The van der Waals surface area contributed by atoms with Crippen LogP contribution in [-0.2, 0) is 0 Å². The second-order valence-corrected chi connectivity index (χ2v) is 3.53. The number of aryl methyl sites for hydroxylation is 2. The molecule has 0 saturated heterocycles. The van der Waals surface area contributed by atoms with Gasteiger partial charge in [0.25, 0.3) is 0 Å². The van der Waals surface area contributed by atoms with Crippen molar-refractivity contribution in [3.63, 3.8) is 0 Å². The van der Waals surface area contributed by atoms with Gasteiger partial charge in [0.15, 0.2) is 0 Å². The van der Waals surface area contributed by atoms with Crippen molar-refractivity contribution in [3.05, 3.63) is 29.3 Å². The van der Waals surface area contributed by atoms with E-state index in [1.807, 2.05) is 6.07 Å². The van der Waals surface area contributed by atoms with Crippen molar-refractivity contribution in [1.29, 1.82) is 0 Å². The van der Waals surface area contributed by atoms with E-state index in [1.54, 1.807) is 6.92 Å². The zero-order valence-corrected chi connectivity index (χ0v) is 8.46. The molecule has 1 aromatic carbocycles. The number of hydrogen-bond donors (Lipinski definition) is 2. The summed E-state index contributed by atoms with van der Waals surface area (Å²) in [6, 6.07) is 6.21. The van der Waals surface area contributed by atoms with Crippen LogP contribution >= 0.6 is 0 Å². The van der Waals surface area contributed by atoms with Crippen molar-refractivity contribution in [1.82, 2.24) is 0 Å². The SMILES string of the molecule is Cc1ccc(NC[C@@H](C)O)cc1C. The lowest BCUT2D eigenvalue weighted by Gasteiger charge is -2.09. The van der Waals surface area contributed by atoms with Gasteiger partial charge in [-0.2, -0.15) is 0 Å². The molecule has 1 atom stereocenters. The smallest absolute Gasteiger partial charge is 0.0684 e. The summed E-state index contributed by atoms with van der Waals surface area (Å²) < 4.78 is 0. The lowest BCUT2D eigenvalue weighted by Crippen LogP contribution is -2.15. The zero-order valence-electron chi connectivity index (χ0n) is 8.46. The van der Waals surface area contributed by atoms with Crippen molar-refractivity contribution >= 4 is 5.69 Å². The lowest BCUT2D eigenvalue weighted by molar-refractivity contribution is 0.208. The Balaban J connectivity index is 2.63. The van der Waals surface area contributed by atoms with Gasteiger partial charge in [0.05, 0.1) is 6.10 Å². The number of benzene rings is 1. The van der Waals surface area contributed by atoms with Crippen molar-refractivity contribution in [2.24, 2.45) is 0 Å². The molecule has 0 unspecified atom stereocenters. The van der Waals surface area contributed by atoms with Gasteiger partial charge < -0.3 is 10.4 Å². The van der Waals surface area contributed by atoms with Gasteiger partial charge in [-0.05, 0) is 44.0 Å². The molecule has 0 aliphatic heterocycles. The van der Waals surface area contributed by atoms with Crippen LogP contribution in [0.5, 0.6) is 0 Å². The van der Waals surface area contributed by atoms with E-state index in [9.17, 15) is 0 Å². The van der Waals surface area contributed by atoms with Gasteiger partial charge in [-0.3, -0.25) is 0 Å². The summed E-state index contributed by atoms with van der Waals surface area (Å²) in [7, 11) is 0. The molecule has 1 aromatic rings. The fraction of sp³-hybridized carbons (Fsp3) is 0.455. The normalized spacial score (nSPS) is 12.6. The van der Waals surface area contributed by atoms with E-state index in [2.05, 4.69) is 31.3 Å². The molecule has 0 aromatic heterocycles. The third-order valence-corrected chi connectivity index (χ3v) is 2.11. The molecule has 0 saturated carbocycles. The maximum atomic E-state index is 9.08. The van der Waals surface area contributed by atoms with E-state index in [-0.39, 0.29) is 6.10 Å². The molecule has 0 radical (unpaired) electrons. The highest BCUT2D eigenvalue weighted by Gasteiger charge is 1.97. The Bertz CT molecular complexity index is 281. The maximum absolute atomic E-state index is 9.08. The summed E-state index contributed by atoms with van der Waals surface area (Å²) in [5, 5.41) is 12.2. The molecule has 2 nitrogen and oxygen atoms in total. The van der Waals surface area contributed by atoms with Gasteiger partial charge >= 0.3 is 0 Å². The second-order valence-electron chi connectivity index (χ2n) is 3.53. The lowest BCUT2D eigenvalue weighted by atomic mass is 10.1. The molecule has 72 valence electrons. The van der Waals surface area contributed by atoms with E-state index in [1.165, 1.54) is 11.1 Å². The fourth-order valence-electron chi connectivity index (χ4n) is 1.12. The summed E-state index contributed by atoms with van der Waals surface area (Å²) in [5.74, 6) is 0. The summed E-state index contributed by atoms with van der Waals surface area (Å²) in [4.78, 5) is 0. The Kier molecular flexibility index (Phi) is 3.32. The van der Waals surface area contributed by atoms with Crippen LogP contribution in [0.15, 0.2) is 18.2 Å². The Morgan fingerprint density at radius 3 is 2.54 bits per heavy atom. The van der Waals surface area contributed by atoms with Crippen molar-refractivity contribution in [2.75, 3.05) is 11.9 Å². The van der Waals surface area contributed by atoms with Gasteiger partial charge in [-0.25, -0.2) is 0 Å². The van der Waals surface area contributed by atoms with E-state index >= 15 is 0 Å². The Morgan fingerprint density at radius 1 is 1.31 bits per heavy atom. The van der Waals surface area contributed by atoms with Gasteiger partial charge in [0.1, 0.15) is 0 Å². The third-order valence-electron chi connectivity index (χ3n) is 2.11. The van der Waals surface area contributed by atoms with Gasteiger partial charge in [0.2, 0.25) is 0 Å². The third kappa shape index (κ3) is 3.07. The predicted molar refractivity (Wildman–Crippen MR) is 56.1 cm³/mol. The highest BCUT2D eigenvalue weighted by molar-refractivity contribution is 5.48. The number of nitrogens with one attached hydrogen (secondary N) is 1. The minimum Gasteiger partial charge on any atom is -0.392 e. The van der Waals surface area contributed by atoms with Crippen LogP contribution in [0.1, 0.15) is 18.1 Å². The molecule has 13 heavy (non-hydrogen) atoms. The quantitative estimate of drug-likeness (QED) is 0.744. The fourth-order valence-corrected chi connectivity index (χ4v) is 1.12. The first-order chi connectivity index (χ1) is 6.09. The predicted octanol–water partition coefficient (Wildman–Crippen LogP) is 2.10. The molecular formula is C11H17NO. The highest BCUT2D eigenvalue weighted by atomic mass is 16.3.